The van der Waals surface area contributed by atoms with E-state index in [1.165, 1.54) is 19.2 Å². The van der Waals surface area contributed by atoms with Gasteiger partial charge in [-0.3, -0.25) is 10.1 Å². The monoisotopic (exact) mass is 294 g/mol. The highest BCUT2D eigenvalue weighted by Gasteiger charge is 2.27. The minimum Gasteiger partial charge on any atom is -0.470 e. The predicted octanol–water partition coefficient (Wildman–Crippen LogP) is 3.31. The number of rotatable bonds is 5. The van der Waals surface area contributed by atoms with Crippen molar-refractivity contribution < 1.29 is 9.66 Å². The second-order valence-corrected chi connectivity index (χ2v) is 5.63. The second-order valence-electron chi connectivity index (χ2n) is 5.63. The molecule has 0 amide bonds. The number of aromatic nitrogens is 2. The number of hydrogen-bond acceptors (Lipinski definition) is 6. The summed E-state index contributed by atoms with van der Waals surface area (Å²) in [7, 11) is 0. The van der Waals surface area contributed by atoms with E-state index in [1.54, 1.807) is 0 Å². The maximum Gasteiger partial charge on any atom is 0.372 e. The van der Waals surface area contributed by atoms with Crippen LogP contribution in [0, 0.1) is 10.1 Å². The molecule has 116 valence electrons. The van der Waals surface area contributed by atoms with E-state index >= 15 is 0 Å². The van der Waals surface area contributed by atoms with Crippen molar-refractivity contribution in [2.75, 3.05) is 5.32 Å². The molecule has 0 saturated heterocycles. The van der Waals surface area contributed by atoms with Crippen LogP contribution in [0.3, 0.4) is 0 Å². The summed E-state index contributed by atoms with van der Waals surface area (Å²) in [4.78, 5) is 18.8. The first-order valence-corrected chi connectivity index (χ1v) is 7.50. The summed E-state index contributed by atoms with van der Waals surface area (Å²) >= 11 is 0. The first-order chi connectivity index (χ1) is 10.1. The Morgan fingerprint density at radius 1 is 1.29 bits per heavy atom. The van der Waals surface area contributed by atoms with Gasteiger partial charge in [-0.25, -0.2) is 4.98 Å². The molecule has 21 heavy (non-hydrogen) atoms. The first kappa shape index (κ1) is 15.5. The maximum absolute atomic E-state index is 11.3. The number of nitrogens with zero attached hydrogens (tertiary/aromatic N) is 3. The van der Waals surface area contributed by atoms with Gasteiger partial charge < -0.3 is 10.1 Å². The van der Waals surface area contributed by atoms with E-state index in [4.69, 9.17) is 4.74 Å². The van der Waals surface area contributed by atoms with Gasteiger partial charge in [-0.2, -0.15) is 4.98 Å². The van der Waals surface area contributed by atoms with Gasteiger partial charge in [0.15, 0.2) is 0 Å². The molecule has 0 atom stereocenters. The molecule has 7 nitrogen and oxygen atoms in total. The van der Waals surface area contributed by atoms with Crippen LogP contribution in [0.1, 0.15) is 52.4 Å². The van der Waals surface area contributed by atoms with Crippen molar-refractivity contribution >= 4 is 11.5 Å². The number of ether oxygens (including phenoxy) is 1. The summed E-state index contributed by atoms with van der Waals surface area (Å²) in [6.45, 7) is 3.62. The van der Waals surface area contributed by atoms with E-state index < -0.39 is 4.92 Å². The molecule has 7 heteroatoms. The normalized spacial score (nSPS) is 16.5. The van der Waals surface area contributed by atoms with Crippen LogP contribution in [0.5, 0.6) is 5.88 Å². The molecule has 1 aromatic rings. The molecule has 1 N–H and O–H groups in total. The number of nitro groups is 1. The van der Waals surface area contributed by atoms with Crippen molar-refractivity contribution in [1.82, 2.24) is 9.97 Å². The molecule has 0 spiro atoms. The van der Waals surface area contributed by atoms with Crippen LogP contribution in [-0.4, -0.2) is 27.0 Å². The van der Waals surface area contributed by atoms with Crippen molar-refractivity contribution in [2.24, 2.45) is 0 Å². The average Bonchev–Trinajstić information content (AvgIpc) is 2.66. The van der Waals surface area contributed by atoms with Gasteiger partial charge in [0.2, 0.25) is 5.82 Å². The summed E-state index contributed by atoms with van der Waals surface area (Å²) in [6.07, 6.45) is 7.91. The molecular formula is C14H22N4O3. The molecule has 0 radical (unpaired) electrons. The molecule has 0 bridgehead atoms. The summed E-state index contributed by atoms with van der Waals surface area (Å²) < 4.78 is 5.43. The second kappa shape index (κ2) is 7.19. The fourth-order valence-electron chi connectivity index (χ4n) is 2.56. The largest absolute Gasteiger partial charge is 0.470 e. The molecule has 0 unspecified atom stereocenters. The molecule has 1 aromatic heterocycles. The Labute approximate surface area is 124 Å². The lowest BCUT2D eigenvalue weighted by molar-refractivity contribution is -0.385. The Balaban J connectivity index is 2.22. The van der Waals surface area contributed by atoms with Crippen molar-refractivity contribution in [2.45, 2.75) is 64.5 Å². The standard InChI is InChI=1S/C14H22N4O3/c1-10(2)21-14-12(18(19)20)13(15-9-16-14)17-11-7-5-3-4-6-8-11/h9-11H,3-8H2,1-2H3,(H,15,16,17). The maximum atomic E-state index is 11.3. The van der Waals surface area contributed by atoms with E-state index in [-0.39, 0.29) is 29.5 Å². The zero-order valence-electron chi connectivity index (χ0n) is 12.5. The fourth-order valence-corrected chi connectivity index (χ4v) is 2.56. The lowest BCUT2D eigenvalue weighted by Crippen LogP contribution is -2.20. The summed E-state index contributed by atoms with van der Waals surface area (Å²) in [5, 5.41) is 14.6. The highest BCUT2D eigenvalue weighted by Crippen LogP contribution is 2.33. The van der Waals surface area contributed by atoms with E-state index in [0.29, 0.717) is 0 Å². The van der Waals surface area contributed by atoms with Crippen LogP contribution in [-0.2, 0) is 0 Å². The van der Waals surface area contributed by atoms with Gasteiger partial charge in [0.1, 0.15) is 6.33 Å². The Hall–Kier alpha value is -1.92. The highest BCUT2D eigenvalue weighted by atomic mass is 16.6. The summed E-state index contributed by atoms with van der Waals surface area (Å²) in [5.74, 6) is 0.290. The molecule has 0 aliphatic heterocycles. The summed E-state index contributed by atoms with van der Waals surface area (Å²) in [5.41, 5.74) is -0.171. The number of hydrogen-bond donors (Lipinski definition) is 1. The van der Waals surface area contributed by atoms with Crippen molar-refractivity contribution in [1.29, 1.82) is 0 Å². The molecule has 0 aromatic carbocycles. The SMILES string of the molecule is CC(C)Oc1ncnc(NC2CCCCCC2)c1[N+](=O)[O-]. The minimum absolute atomic E-state index is 0.0288. The fraction of sp³-hybridized carbons (Fsp3) is 0.714. The molecule has 1 aliphatic rings. The molecule has 1 aliphatic carbocycles. The Kier molecular flexibility index (Phi) is 5.30. The van der Waals surface area contributed by atoms with Gasteiger partial charge in [0, 0.05) is 6.04 Å². The van der Waals surface area contributed by atoms with Crippen molar-refractivity contribution in [3.05, 3.63) is 16.4 Å². The van der Waals surface area contributed by atoms with Crippen LogP contribution in [0.2, 0.25) is 0 Å². The number of anilines is 1. The van der Waals surface area contributed by atoms with Crippen molar-refractivity contribution in [3.8, 4) is 5.88 Å². The summed E-state index contributed by atoms with van der Waals surface area (Å²) in [6, 6.07) is 0.230. The van der Waals surface area contributed by atoms with Gasteiger partial charge in [-0.15, -0.1) is 0 Å². The number of nitrogens with one attached hydrogen (secondary N) is 1. The van der Waals surface area contributed by atoms with Crippen molar-refractivity contribution in [3.63, 3.8) is 0 Å². The van der Waals surface area contributed by atoms with Crippen LogP contribution in [0.4, 0.5) is 11.5 Å². The van der Waals surface area contributed by atoms with E-state index in [0.717, 1.165) is 25.7 Å². The van der Waals surface area contributed by atoms with Gasteiger partial charge in [-0.05, 0) is 26.7 Å². The first-order valence-electron chi connectivity index (χ1n) is 7.50. The van der Waals surface area contributed by atoms with Crippen LogP contribution in [0.25, 0.3) is 0 Å². The lowest BCUT2D eigenvalue weighted by Gasteiger charge is -2.17. The Morgan fingerprint density at radius 3 is 2.52 bits per heavy atom. The molecular weight excluding hydrogens is 272 g/mol. The Bertz CT molecular complexity index is 485. The van der Waals surface area contributed by atoms with Gasteiger partial charge >= 0.3 is 5.69 Å². The lowest BCUT2D eigenvalue weighted by atomic mass is 10.1. The Morgan fingerprint density at radius 2 is 1.95 bits per heavy atom. The average molecular weight is 294 g/mol. The topological polar surface area (TPSA) is 90.2 Å². The van der Waals surface area contributed by atoms with Crippen LogP contribution < -0.4 is 10.1 Å². The minimum atomic E-state index is -0.475. The molecule has 2 rings (SSSR count). The van der Waals surface area contributed by atoms with Gasteiger partial charge in [-0.1, -0.05) is 25.7 Å². The smallest absolute Gasteiger partial charge is 0.372 e. The van der Waals surface area contributed by atoms with E-state index in [1.807, 2.05) is 13.8 Å². The third kappa shape index (κ3) is 4.27. The highest BCUT2D eigenvalue weighted by molar-refractivity contribution is 5.61. The third-order valence-electron chi connectivity index (χ3n) is 3.51. The predicted molar refractivity (Wildman–Crippen MR) is 79.6 cm³/mol. The van der Waals surface area contributed by atoms with Gasteiger partial charge in [0.25, 0.3) is 5.88 Å². The molecule has 1 saturated carbocycles. The third-order valence-corrected chi connectivity index (χ3v) is 3.51. The van der Waals surface area contributed by atoms with E-state index in [9.17, 15) is 10.1 Å². The zero-order chi connectivity index (χ0) is 15.2. The molecule has 1 heterocycles. The quantitative estimate of drug-likeness (QED) is 0.509. The van der Waals surface area contributed by atoms with Gasteiger partial charge in [0.05, 0.1) is 11.0 Å². The van der Waals surface area contributed by atoms with E-state index in [2.05, 4.69) is 15.3 Å². The molecule has 1 fully saturated rings. The van der Waals surface area contributed by atoms with Crippen LogP contribution >= 0.6 is 0 Å². The van der Waals surface area contributed by atoms with Crippen LogP contribution in [0.15, 0.2) is 6.33 Å². The zero-order valence-corrected chi connectivity index (χ0v) is 12.5.